The molecule has 1 N–H and O–H groups in total. The number of nitrogens with zero attached hydrogens (tertiary/aromatic N) is 1. The lowest BCUT2D eigenvalue weighted by Crippen LogP contribution is -2.34. The van der Waals surface area contributed by atoms with E-state index in [1.807, 2.05) is 0 Å². The van der Waals surface area contributed by atoms with Crippen LogP contribution in [0.5, 0.6) is 0 Å². The van der Waals surface area contributed by atoms with Crippen LogP contribution in [0.15, 0.2) is 4.99 Å². The molecule has 0 spiro atoms. The lowest BCUT2D eigenvalue weighted by Gasteiger charge is -2.19. The molecule has 1 saturated carbocycles. The number of hydrogen-bond donors (Lipinski definition) is 1. The summed E-state index contributed by atoms with van der Waals surface area (Å²) in [4.78, 5) is 4.56. The Morgan fingerprint density at radius 1 is 1.40 bits per heavy atom. The van der Waals surface area contributed by atoms with E-state index in [1.54, 1.807) is 0 Å². The zero-order chi connectivity index (χ0) is 10.5. The van der Waals surface area contributed by atoms with E-state index < -0.39 is 0 Å². The van der Waals surface area contributed by atoms with Crippen LogP contribution in [-0.4, -0.2) is 29.4 Å². The van der Waals surface area contributed by atoms with E-state index in [0.717, 1.165) is 11.8 Å². The molecule has 2 nitrogen and oxygen atoms in total. The first-order chi connectivity index (χ1) is 7.38. The molecule has 0 aromatic carbocycles. The molecule has 1 aliphatic carbocycles. The van der Waals surface area contributed by atoms with E-state index in [4.69, 9.17) is 0 Å². The van der Waals surface area contributed by atoms with Crippen LogP contribution in [0.1, 0.15) is 45.4 Å². The third kappa shape index (κ3) is 3.40. The molecule has 2 atom stereocenters. The zero-order valence-corrected chi connectivity index (χ0v) is 10.5. The summed E-state index contributed by atoms with van der Waals surface area (Å²) in [5.41, 5.74) is 0. The van der Waals surface area contributed by atoms with Crippen molar-refractivity contribution in [2.75, 3.05) is 12.3 Å². The predicted octanol–water partition coefficient (Wildman–Crippen LogP) is 2.83. The second-order valence-electron chi connectivity index (χ2n) is 4.52. The molecule has 15 heavy (non-hydrogen) atoms. The summed E-state index contributed by atoms with van der Waals surface area (Å²) >= 11 is 2.12. The summed E-state index contributed by atoms with van der Waals surface area (Å²) in [6.07, 6.45) is 7.87. The topological polar surface area (TPSA) is 24.4 Å². The average Bonchev–Trinajstić information content (AvgIpc) is 2.68. The van der Waals surface area contributed by atoms with E-state index in [2.05, 4.69) is 29.0 Å². The lowest BCUT2D eigenvalue weighted by molar-refractivity contribution is 0.604. The van der Waals surface area contributed by atoms with Crippen LogP contribution in [0.2, 0.25) is 0 Å². The number of hydrogen-bond acceptors (Lipinski definition) is 3. The first-order valence-corrected chi connectivity index (χ1v) is 7.35. The molecule has 1 heterocycles. The molecule has 0 bridgehead atoms. The highest BCUT2D eigenvalue weighted by Gasteiger charge is 2.25. The molecule has 86 valence electrons. The van der Waals surface area contributed by atoms with Gasteiger partial charge in [0.15, 0.2) is 0 Å². The maximum atomic E-state index is 4.56. The Morgan fingerprint density at radius 2 is 2.33 bits per heavy atom. The SMILES string of the molecule is CCSC1CCC(NC2=NCCCC2)C1. The van der Waals surface area contributed by atoms with Gasteiger partial charge in [0.05, 0.1) is 5.84 Å². The maximum absolute atomic E-state index is 4.56. The minimum atomic E-state index is 0.714. The lowest BCUT2D eigenvalue weighted by atomic mass is 10.1. The van der Waals surface area contributed by atoms with Crippen molar-refractivity contribution in [3.05, 3.63) is 0 Å². The smallest absolute Gasteiger partial charge is 0.0965 e. The van der Waals surface area contributed by atoms with Crippen LogP contribution in [0.4, 0.5) is 0 Å². The highest BCUT2D eigenvalue weighted by molar-refractivity contribution is 7.99. The van der Waals surface area contributed by atoms with Crippen molar-refractivity contribution in [2.24, 2.45) is 4.99 Å². The summed E-state index contributed by atoms with van der Waals surface area (Å²) in [5, 5.41) is 4.54. The summed E-state index contributed by atoms with van der Waals surface area (Å²) in [7, 11) is 0. The molecule has 0 radical (unpaired) electrons. The number of aliphatic imine (C=N–C) groups is 1. The van der Waals surface area contributed by atoms with Gasteiger partial charge in [-0.25, -0.2) is 0 Å². The Kier molecular flexibility index (Phi) is 4.36. The molecule has 2 unspecified atom stereocenters. The summed E-state index contributed by atoms with van der Waals surface area (Å²) in [5.74, 6) is 2.55. The van der Waals surface area contributed by atoms with Gasteiger partial charge < -0.3 is 5.32 Å². The third-order valence-electron chi connectivity index (χ3n) is 3.28. The van der Waals surface area contributed by atoms with Crippen molar-refractivity contribution in [1.29, 1.82) is 0 Å². The van der Waals surface area contributed by atoms with Crippen molar-refractivity contribution in [2.45, 2.75) is 56.7 Å². The van der Waals surface area contributed by atoms with Crippen molar-refractivity contribution in [1.82, 2.24) is 5.32 Å². The average molecular weight is 226 g/mol. The van der Waals surface area contributed by atoms with E-state index in [-0.39, 0.29) is 0 Å². The minimum absolute atomic E-state index is 0.714. The molecular formula is C12H22N2S. The van der Waals surface area contributed by atoms with Crippen LogP contribution in [-0.2, 0) is 0 Å². The second-order valence-corrected chi connectivity index (χ2v) is 6.09. The highest BCUT2D eigenvalue weighted by atomic mass is 32.2. The van der Waals surface area contributed by atoms with Gasteiger partial charge in [-0.2, -0.15) is 11.8 Å². The molecule has 1 aliphatic heterocycles. The monoisotopic (exact) mass is 226 g/mol. The van der Waals surface area contributed by atoms with Crippen molar-refractivity contribution >= 4 is 17.6 Å². The minimum Gasteiger partial charge on any atom is -0.371 e. The Labute approximate surface area is 97.3 Å². The largest absolute Gasteiger partial charge is 0.371 e. The van der Waals surface area contributed by atoms with Gasteiger partial charge in [0.2, 0.25) is 0 Å². The molecule has 2 aliphatic rings. The molecule has 0 amide bonds. The maximum Gasteiger partial charge on any atom is 0.0965 e. The Bertz CT molecular complexity index is 228. The van der Waals surface area contributed by atoms with Gasteiger partial charge in [0.25, 0.3) is 0 Å². The number of amidine groups is 1. The van der Waals surface area contributed by atoms with Crippen LogP contribution in [0, 0.1) is 0 Å². The number of rotatable bonds is 3. The van der Waals surface area contributed by atoms with Gasteiger partial charge in [0.1, 0.15) is 0 Å². The van der Waals surface area contributed by atoms with Gasteiger partial charge in [-0.1, -0.05) is 6.92 Å². The summed E-state index contributed by atoms with van der Waals surface area (Å²) < 4.78 is 0. The fourth-order valence-corrected chi connectivity index (χ4v) is 3.65. The standard InChI is InChI=1S/C12H22N2S/c1-2-15-11-7-6-10(9-11)14-12-5-3-4-8-13-12/h10-11H,2-9H2,1H3,(H,13,14). The molecule has 0 aromatic heterocycles. The zero-order valence-electron chi connectivity index (χ0n) is 9.67. The number of nitrogens with one attached hydrogen (secondary N) is 1. The number of thioether (sulfide) groups is 1. The third-order valence-corrected chi connectivity index (χ3v) is 4.51. The van der Waals surface area contributed by atoms with Crippen LogP contribution in [0.3, 0.4) is 0 Å². The molecule has 0 saturated heterocycles. The fraction of sp³-hybridized carbons (Fsp3) is 0.917. The fourth-order valence-electron chi connectivity index (χ4n) is 2.51. The van der Waals surface area contributed by atoms with Crippen molar-refractivity contribution < 1.29 is 0 Å². The predicted molar refractivity (Wildman–Crippen MR) is 68.8 cm³/mol. The van der Waals surface area contributed by atoms with Crippen molar-refractivity contribution in [3.63, 3.8) is 0 Å². The van der Waals surface area contributed by atoms with Crippen LogP contribution >= 0.6 is 11.8 Å². The van der Waals surface area contributed by atoms with Crippen molar-refractivity contribution in [3.8, 4) is 0 Å². The second kappa shape index (κ2) is 5.78. The van der Waals surface area contributed by atoms with E-state index in [0.29, 0.717) is 6.04 Å². The Morgan fingerprint density at radius 3 is 3.07 bits per heavy atom. The van der Waals surface area contributed by atoms with Gasteiger partial charge in [-0.3, -0.25) is 4.99 Å². The van der Waals surface area contributed by atoms with Crippen LogP contribution < -0.4 is 5.32 Å². The molecule has 3 heteroatoms. The first-order valence-electron chi connectivity index (χ1n) is 6.30. The summed E-state index contributed by atoms with van der Waals surface area (Å²) in [6, 6.07) is 0.714. The van der Waals surface area contributed by atoms with E-state index >= 15 is 0 Å². The van der Waals surface area contributed by atoms with Gasteiger partial charge >= 0.3 is 0 Å². The summed E-state index contributed by atoms with van der Waals surface area (Å²) in [6.45, 7) is 3.30. The van der Waals surface area contributed by atoms with E-state index in [9.17, 15) is 0 Å². The van der Waals surface area contributed by atoms with Gasteiger partial charge in [-0.15, -0.1) is 0 Å². The normalized spacial score (nSPS) is 31.4. The molecule has 0 aromatic rings. The molecule has 1 fully saturated rings. The Hall–Kier alpha value is -0.180. The van der Waals surface area contributed by atoms with Gasteiger partial charge in [0, 0.05) is 24.3 Å². The molecule has 2 rings (SSSR count). The highest BCUT2D eigenvalue weighted by Crippen LogP contribution is 2.29. The quantitative estimate of drug-likeness (QED) is 0.800. The van der Waals surface area contributed by atoms with Crippen LogP contribution in [0.25, 0.3) is 0 Å². The van der Waals surface area contributed by atoms with Gasteiger partial charge in [-0.05, 0) is 37.9 Å². The van der Waals surface area contributed by atoms with E-state index in [1.165, 1.54) is 50.1 Å². The molecular weight excluding hydrogens is 204 g/mol. The first kappa shape index (κ1) is 11.3. The Balaban J connectivity index is 1.74.